The third-order valence-electron chi connectivity index (χ3n) is 6.83. The van der Waals surface area contributed by atoms with Gasteiger partial charge in [0.05, 0.1) is 16.9 Å². The second-order valence-corrected chi connectivity index (χ2v) is 14.0. The SMILES string of the molecule is C=C/C(=C\C(=C/C)c1ccc2[nH]nc(-c3nc(/C(=C\C=C/C)c4cc(F)cc(CNS(=C)(=C)C)c4)c(C)[nH]3)c2n1)CN(C)C. The highest BCUT2D eigenvalue weighted by Gasteiger charge is 2.20. The molecule has 0 spiro atoms. The monoisotopic (exact) mass is 611 g/mol. The van der Waals surface area contributed by atoms with Gasteiger partial charge in [-0.2, -0.15) is 14.5 Å². The predicted octanol–water partition coefficient (Wildman–Crippen LogP) is 7.18. The van der Waals surface area contributed by atoms with Crippen molar-refractivity contribution in [1.82, 2.24) is 34.8 Å². The van der Waals surface area contributed by atoms with Gasteiger partial charge in [0, 0.05) is 24.4 Å². The van der Waals surface area contributed by atoms with Gasteiger partial charge < -0.3 is 9.88 Å². The summed E-state index contributed by atoms with van der Waals surface area (Å²) in [7, 11) is 2.61. The molecule has 0 aliphatic heterocycles. The van der Waals surface area contributed by atoms with E-state index in [4.69, 9.17) is 9.97 Å². The first-order valence-electron chi connectivity index (χ1n) is 14.3. The van der Waals surface area contributed by atoms with Crippen molar-refractivity contribution in [3.8, 4) is 11.5 Å². The van der Waals surface area contributed by atoms with Crippen LogP contribution in [0.1, 0.15) is 42.1 Å². The maximum absolute atomic E-state index is 14.9. The average molecular weight is 612 g/mol. The molecule has 9 heteroatoms. The van der Waals surface area contributed by atoms with E-state index in [1.807, 2.05) is 89.7 Å². The number of allylic oxidation sites excluding steroid dienone is 6. The van der Waals surface area contributed by atoms with Crippen LogP contribution in [0.5, 0.6) is 0 Å². The van der Waals surface area contributed by atoms with Gasteiger partial charge in [-0.1, -0.05) is 48.7 Å². The summed E-state index contributed by atoms with van der Waals surface area (Å²) in [6, 6.07) is 9.00. The number of hydrogen-bond donors (Lipinski definition) is 3. The summed E-state index contributed by atoms with van der Waals surface area (Å²) in [5, 5.41) is 7.68. The summed E-state index contributed by atoms with van der Waals surface area (Å²) in [5.74, 6) is 8.39. The Kier molecular flexibility index (Phi) is 10.4. The van der Waals surface area contributed by atoms with Crippen LogP contribution in [0.3, 0.4) is 0 Å². The lowest BCUT2D eigenvalue weighted by atomic mass is 9.98. The first kappa shape index (κ1) is 32.6. The average Bonchev–Trinajstić information content (AvgIpc) is 3.56. The third kappa shape index (κ3) is 7.99. The maximum atomic E-state index is 14.9. The number of nitrogens with zero attached hydrogens (tertiary/aromatic N) is 4. The Morgan fingerprint density at radius 1 is 1.14 bits per heavy atom. The summed E-state index contributed by atoms with van der Waals surface area (Å²) in [6.45, 7) is 11.1. The van der Waals surface area contributed by atoms with Gasteiger partial charge in [-0.05, 0) is 99.8 Å². The van der Waals surface area contributed by atoms with E-state index in [2.05, 4.69) is 49.2 Å². The minimum Gasteiger partial charge on any atom is -0.340 e. The van der Waals surface area contributed by atoms with E-state index < -0.39 is 9.39 Å². The quantitative estimate of drug-likeness (QED) is 0.117. The molecule has 230 valence electrons. The molecule has 7 nitrogen and oxygen atoms in total. The van der Waals surface area contributed by atoms with Gasteiger partial charge in [0.25, 0.3) is 0 Å². The van der Waals surface area contributed by atoms with Crippen molar-refractivity contribution in [2.45, 2.75) is 27.3 Å². The van der Waals surface area contributed by atoms with Gasteiger partial charge in [0.15, 0.2) is 11.5 Å². The molecular formula is C35H42FN7S. The van der Waals surface area contributed by atoms with Crippen molar-refractivity contribution in [1.29, 1.82) is 0 Å². The summed E-state index contributed by atoms with van der Waals surface area (Å²) in [5.41, 5.74) is 8.85. The second kappa shape index (κ2) is 14.0. The first-order chi connectivity index (χ1) is 20.9. The Labute approximate surface area is 260 Å². The molecule has 0 amide bonds. The molecule has 1 aromatic carbocycles. The van der Waals surface area contributed by atoms with Crippen molar-refractivity contribution >= 4 is 43.3 Å². The number of rotatable bonds is 12. The minimum absolute atomic E-state index is 0.321. The number of fused-ring (bicyclic) bond motifs is 1. The van der Waals surface area contributed by atoms with E-state index in [1.165, 1.54) is 12.1 Å². The lowest BCUT2D eigenvalue weighted by molar-refractivity contribution is 0.449. The number of halogens is 1. The second-order valence-electron chi connectivity index (χ2n) is 11.2. The fourth-order valence-electron chi connectivity index (χ4n) is 4.77. The van der Waals surface area contributed by atoms with Crippen LogP contribution in [-0.2, 0) is 6.54 Å². The van der Waals surface area contributed by atoms with E-state index in [1.54, 1.807) is 0 Å². The van der Waals surface area contributed by atoms with Crippen molar-refractivity contribution < 1.29 is 4.39 Å². The van der Waals surface area contributed by atoms with E-state index in [0.717, 1.165) is 51.3 Å². The van der Waals surface area contributed by atoms with Crippen LogP contribution in [-0.4, -0.2) is 68.7 Å². The topological polar surface area (TPSA) is 85.5 Å². The predicted molar refractivity (Wildman–Crippen MR) is 190 cm³/mol. The Bertz CT molecular complexity index is 1900. The molecule has 44 heavy (non-hydrogen) atoms. The van der Waals surface area contributed by atoms with Gasteiger partial charge in [-0.25, -0.2) is 14.4 Å². The van der Waals surface area contributed by atoms with Gasteiger partial charge in [-0.15, -0.1) is 0 Å². The molecule has 0 fully saturated rings. The summed E-state index contributed by atoms with van der Waals surface area (Å²) >= 11 is 0. The van der Waals surface area contributed by atoms with Crippen molar-refractivity contribution in [3.05, 3.63) is 113 Å². The van der Waals surface area contributed by atoms with Crippen LogP contribution in [0.25, 0.3) is 33.7 Å². The van der Waals surface area contributed by atoms with Crippen molar-refractivity contribution in [2.24, 2.45) is 0 Å². The van der Waals surface area contributed by atoms with Gasteiger partial charge in [-0.3, -0.25) is 9.82 Å². The number of likely N-dealkylation sites (N-methyl/N-ethyl adjacent to an activating group) is 1. The molecule has 4 rings (SSSR count). The zero-order valence-corrected chi connectivity index (χ0v) is 27.3. The normalized spacial score (nSPS) is 13.5. The number of imidazole rings is 1. The highest BCUT2D eigenvalue weighted by Crippen LogP contribution is 2.31. The fourth-order valence-corrected chi connectivity index (χ4v) is 5.28. The maximum Gasteiger partial charge on any atom is 0.161 e. The van der Waals surface area contributed by atoms with E-state index >= 15 is 0 Å². The number of nitrogens with one attached hydrogen (secondary N) is 3. The van der Waals surface area contributed by atoms with Crippen molar-refractivity contribution in [2.75, 3.05) is 26.9 Å². The summed E-state index contributed by atoms with van der Waals surface area (Å²) in [4.78, 5) is 15.5. The Morgan fingerprint density at radius 2 is 1.91 bits per heavy atom. The van der Waals surface area contributed by atoms with Gasteiger partial charge in [0.2, 0.25) is 0 Å². The Hall–Kier alpha value is -4.31. The summed E-state index contributed by atoms with van der Waals surface area (Å²) < 4.78 is 18.2. The lowest BCUT2D eigenvalue weighted by Gasteiger charge is -2.13. The molecule has 0 aliphatic carbocycles. The lowest BCUT2D eigenvalue weighted by Crippen LogP contribution is -2.14. The minimum atomic E-state index is -1.45. The largest absolute Gasteiger partial charge is 0.340 e. The molecule has 0 unspecified atom stereocenters. The number of aromatic nitrogens is 5. The molecule has 3 heterocycles. The third-order valence-corrected chi connectivity index (χ3v) is 7.67. The molecule has 0 saturated heterocycles. The zero-order valence-electron chi connectivity index (χ0n) is 26.5. The number of pyridine rings is 1. The molecular weight excluding hydrogens is 569 g/mol. The fraction of sp³-hybridized carbons (Fsp3) is 0.229. The van der Waals surface area contributed by atoms with Gasteiger partial charge >= 0.3 is 0 Å². The van der Waals surface area contributed by atoms with Crippen molar-refractivity contribution in [3.63, 3.8) is 0 Å². The summed E-state index contributed by atoms with van der Waals surface area (Å²) in [6.07, 6.45) is 13.8. The highest BCUT2D eigenvalue weighted by molar-refractivity contribution is 8.25. The molecule has 0 bridgehead atoms. The van der Waals surface area contributed by atoms with Gasteiger partial charge in [0.1, 0.15) is 11.3 Å². The molecule has 0 radical (unpaired) electrons. The number of aromatic amines is 2. The number of aryl methyl sites for hydroxylation is 1. The van der Waals surface area contributed by atoms with Crippen LogP contribution in [0.15, 0.2) is 78.9 Å². The van der Waals surface area contributed by atoms with Crippen LogP contribution in [0.2, 0.25) is 0 Å². The first-order valence-corrected chi connectivity index (χ1v) is 16.7. The molecule has 0 aliphatic rings. The number of H-pyrrole nitrogens is 2. The Balaban J connectivity index is 1.78. The molecule has 0 atom stereocenters. The number of benzene rings is 1. The van der Waals surface area contributed by atoms with Crippen LogP contribution in [0, 0.1) is 12.7 Å². The zero-order chi connectivity index (χ0) is 32.0. The highest BCUT2D eigenvalue weighted by atomic mass is 32.2. The smallest absolute Gasteiger partial charge is 0.161 e. The van der Waals surface area contributed by atoms with Crippen LogP contribution in [0.4, 0.5) is 4.39 Å². The van der Waals surface area contributed by atoms with Crippen LogP contribution >= 0.6 is 9.39 Å². The Morgan fingerprint density at radius 3 is 2.57 bits per heavy atom. The van der Waals surface area contributed by atoms with Crippen LogP contribution < -0.4 is 4.72 Å². The molecule has 3 aromatic heterocycles. The van der Waals surface area contributed by atoms with E-state index in [9.17, 15) is 4.39 Å². The van der Waals surface area contributed by atoms with E-state index in [-0.39, 0.29) is 5.82 Å². The molecule has 0 saturated carbocycles. The number of hydrogen-bond acceptors (Lipinski definition) is 5. The molecule has 4 aromatic rings. The molecule has 3 N–H and O–H groups in total. The van der Waals surface area contributed by atoms with E-state index in [0.29, 0.717) is 29.3 Å². The standard InChI is InChI=1S/C35H42FN7S/c1-10-13-14-29(27-18-25(19-28(36)20-27)21-37-44(7,8)9)32-23(4)38-35(40-32)34-33-31(41-42-34)16-15-30(39-33)26(12-3)17-24(11-2)22-43(5)6/h10-20,37H,2,7-8,21-22H2,1,3-6,9H3,(H,38,40)(H,41,42)/b13-10-,24-17+,26-12+,29-14-.